The van der Waals surface area contributed by atoms with Gasteiger partial charge in [-0.3, -0.25) is 0 Å². The van der Waals surface area contributed by atoms with Crippen molar-refractivity contribution in [1.82, 2.24) is 19.6 Å². The predicted octanol–water partition coefficient (Wildman–Crippen LogP) is 5.40. The van der Waals surface area contributed by atoms with E-state index in [2.05, 4.69) is 25.0 Å². The summed E-state index contributed by atoms with van der Waals surface area (Å²) in [6.45, 7) is -1.32. The quantitative estimate of drug-likeness (QED) is 0.166. The highest BCUT2D eigenvalue weighted by Gasteiger charge is 2.45. The number of alkyl halides is 5. The van der Waals surface area contributed by atoms with E-state index in [-0.39, 0.29) is 29.5 Å². The van der Waals surface area contributed by atoms with Crippen molar-refractivity contribution in [3.8, 4) is 17.5 Å². The predicted molar refractivity (Wildman–Crippen MR) is 172 cm³/mol. The SMILES string of the molecule is COc1cnc(OC)n2nc(NS(=O)(=O)c3c(OCC(F)F)cccc3C(F)(F)F)nc12.O=C(O)C1=NOC(c2ccccc2)(c2ccccc2)C1. The van der Waals surface area contributed by atoms with Gasteiger partial charge in [0.2, 0.25) is 5.65 Å². The fourth-order valence-corrected chi connectivity index (χ4v) is 6.34. The lowest BCUT2D eigenvalue weighted by molar-refractivity contribution is -0.140. The second-order valence-electron chi connectivity index (χ2n) is 10.6. The number of ether oxygens (including phenoxy) is 3. The van der Waals surface area contributed by atoms with Crippen LogP contribution in [0.1, 0.15) is 23.1 Å². The zero-order valence-electron chi connectivity index (χ0n) is 26.9. The molecular weight excluding hydrogens is 723 g/mol. The van der Waals surface area contributed by atoms with Crippen molar-refractivity contribution in [3.63, 3.8) is 0 Å². The number of halogens is 5. The first-order chi connectivity index (χ1) is 24.7. The molecule has 1 aliphatic rings. The first-order valence-corrected chi connectivity index (χ1v) is 16.3. The van der Waals surface area contributed by atoms with Crippen LogP contribution < -0.4 is 18.9 Å². The van der Waals surface area contributed by atoms with E-state index in [4.69, 9.17) is 19.4 Å². The number of aliphatic carboxylic acids is 1. The lowest BCUT2D eigenvalue weighted by Crippen LogP contribution is -2.29. The largest absolute Gasteiger partial charge is 0.491 e. The lowest BCUT2D eigenvalue weighted by Gasteiger charge is -2.27. The summed E-state index contributed by atoms with van der Waals surface area (Å²) in [4.78, 5) is 23.1. The van der Waals surface area contributed by atoms with E-state index in [1.54, 1.807) is 4.72 Å². The molecule has 6 rings (SSSR count). The molecule has 0 spiro atoms. The summed E-state index contributed by atoms with van der Waals surface area (Å²) in [5.74, 6) is -2.57. The number of carboxylic acids is 1. The second kappa shape index (κ2) is 15.1. The molecule has 20 heteroatoms. The van der Waals surface area contributed by atoms with E-state index in [9.17, 15) is 35.2 Å². The maximum atomic E-state index is 13.5. The molecule has 3 heterocycles. The van der Waals surface area contributed by atoms with Gasteiger partial charge in [-0.15, -0.1) is 5.10 Å². The number of carboxylic acid groups (broad SMARTS) is 1. The van der Waals surface area contributed by atoms with E-state index >= 15 is 0 Å². The Balaban J connectivity index is 0.000000223. The summed E-state index contributed by atoms with van der Waals surface area (Å²) in [6, 6.07) is 21.1. The van der Waals surface area contributed by atoms with Crippen LogP contribution in [0.25, 0.3) is 5.65 Å². The Morgan fingerprint density at radius 2 is 1.62 bits per heavy atom. The highest BCUT2D eigenvalue weighted by Crippen LogP contribution is 2.42. The molecule has 0 aliphatic carbocycles. The number of hydrogen-bond acceptors (Lipinski definition) is 11. The molecule has 52 heavy (non-hydrogen) atoms. The summed E-state index contributed by atoms with van der Waals surface area (Å²) in [5, 5.41) is 16.7. The Morgan fingerprint density at radius 3 is 2.13 bits per heavy atom. The van der Waals surface area contributed by atoms with Crippen molar-refractivity contribution in [1.29, 1.82) is 0 Å². The van der Waals surface area contributed by atoms with Gasteiger partial charge in [0.05, 0.1) is 32.4 Å². The molecule has 14 nitrogen and oxygen atoms in total. The van der Waals surface area contributed by atoms with Crippen LogP contribution in [0, 0.1) is 0 Å². The van der Waals surface area contributed by atoms with E-state index in [1.165, 1.54) is 20.4 Å². The Kier molecular flexibility index (Phi) is 10.8. The summed E-state index contributed by atoms with van der Waals surface area (Å²) in [6.07, 6.45) is -6.77. The first kappa shape index (κ1) is 37.2. The molecule has 1 aliphatic heterocycles. The second-order valence-corrected chi connectivity index (χ2v) is 12.2. The van der Waals surface area contributed by atoms with E-state index < -0.39 is 63.0 Å². The fourth-order valence-electron chi connectivity index (χ4n) is 5.05. The van der Waals surface area contributed by atoms with Crippen LogP contribution >= 0.6 is 0 Å². The van der Waals surface area contributed by atoms with Crippen LogP contribution in [0.15, 0.2) is 95.1 Å². The molecule has 0 amide bonds. The van der Waals surface area contributed by atoms with Crippen LogP contribution in [0.2, 0.25) is 0 Å². The Hall–Kier alpha value is -6.05. The number of nitrogens with zero attached hydrogens (tertiary/aromatic N) is 5. The molecule has 0 bridgehead atoms. The minimum Gasteiger partial charge on any atom is -0.491 e. The summed E-state index contributed by atoms with van der Waals surface area (Å²) >= 11 is 0. The molecule has 0 radical (unpaired) electrons. The van der Waals surface area contributed by atoms with Crippen LogP contribution in [-0.4, -0.2) is 72.0 Å². The fraction of sp³-hybridized carbons (Fsp3) is 0.219. The van der Waals surface area contributed by atoms with Crippen molar-refractivity contribution >= 4 is 33.3 Å². The van der Waals surface area contributed by atoms with Crippen LogP contribution in [0.3, 0.4) is 0 Å². The van der Waals surface area contributed by atoms with Crippen LogP contribution in [0.4, 0.5) is 27.9 Å². The summed E-state index contributed by atoms with van der Waals surface area (Å²) in [5.41, 5.74) is -0.709. The van der Waals surface area contributed by atoms with Crippen molar-refractivity contribution in [2.75, 3.05) is 25.5 Å². The molecule has 2 N–H and O–H groups in total. The van der Waals surface area contributed by atoms with Gasteiger partial charge in [-0.2, -0.15) is 27.7 Å². The van der Waals surface area contributed by atoms with Gasteiger partial charge in [-0.05, 0) is 12.1 Å². The third kappa shape index (κ3) is 7.80. The molecule has 5 aromatic rings. The van der Waals surface area contributed by atoms with Gasteiger partial charge < -0.3 is 24.2 Å². The van der Waals surface area contributed by atoms with Crippen LogP contribution in [0.5, 0.6) is 17.5 Å². The summed E-state index contributed by atoms with van der Waals surface area (Å²) in [7, 11) is -2.56. The van der Waals surface area contributed by atoms with E-state index in [1.807, 2.05) is 60.7 Å². The number of rotatable bonds is 11. The number of carbonyl (C=O) groups is 1. The maximum Gasteiger partial charge on any atom is 0.417 e. The van der Waals surface area contributed by atoms with Crippen molar-refractivity contribution < 1.29 is 59.3 Å². The average Bonchev–Trinajstić information content (AvgIpc) is 3.77. The van der Waals surface area contributed by atoms with Gasteiger partial charge >= 0.3 is 18.2 Å². The Labute approximate surface area is 291 Å². The smallest absolute Gasteiger partial charge is 0.417 e. The number of anilines is 1. The van der Waals surface area contributed by atoms with Gasteiger partial charge in [0.15, 0.2) is 17.1 Å². The monoisotopic (exact) mass is 750 g/mol. The topological polar surface area (TPSA) is 176 Å². The average molecular weight is 751 g/mol. The number of sulfonamides is 1. The Morgan fingerprint density at radius 1 is 0.981 bits per heavy atom. The van der Waals surface area contributed by atoms with Crippen LogP contribution in [-0.2, 0) is 31.4 Å². The third-order valence-electron chi connectivity index (χ3n) is 7.30. The maximum absolute atomic E-state index is 13.5. The standard InChI is InChI=1S/C16H14F5N5O5S.C16H13NO3/c1-29-10-6-22-15(30-2)26-13(10)23-14(24-26)25-32(27,28)12-8(16(19,20)21)4-3-5-9(12)31-7-11(17)18;18-15(19)14-11-16(20-17-14,12-7-3-1-4-8-12)13-9-5-2-6-10-13/h3-6,11H,7H2,1-2H3,(H,24,25);1-10H,11H2,(H,18,19). The number of aromatic nitrogens is 4. The molecular formula is C32H27F5N6O8S. The summed E-state index contributed by atoms with van der Waals surface area (Å²) < 4.78 is 109. The number of nitrogens with one attached hydrogen (secondary N) is 1. The highest BCUT2D eigenvalue weighted by atomic mass is 32.2. The molecule has 0 saturated heterocycles. The number of fused-ring (bicyclic) bond motifs is 1. The van der Waals surface area contributed by atoms with Gasteiger partial charge in [0, 0.05) is 11.1 Å². The van der Waals surface area contributed by atoms with E-state index in [0.29, 0.717) is 6.07 Å². The molecule has 0 saturated carbocycles. The highest BCUT2D eigenvalue weighted by molar-refractivity contribution is 7.92. The lowest BCUT2D eigenvalue weighted by atomic mass is 9.82. The van der Waals surface area contributed by atoms with Gasteiger partial charge in [-0.1, -0.05) is 71.9 Å². The zero-order chi connectivity index (χ0) is 37.7. The number of oxime groups is 1. The third-order valence-corrected chi connectivity index (χ3v) is 8.71. The molecule has 3 aromatic carbocycles. The number of methoxy groups -OCH3 is 2. The molecule has 2 aromatic heterocycles. The molecule has 0 atom stereocenters. The molecule has 0 fully saturated rings. The van der Waals surface area contributed by atoms with Crippen molar-refractivity contribution in [2.45, 2.75) is 29.5 Å². The van der Waals surface area contributed by atoms with Gasteiger partial charge in [0.25, 0.3) is 22.4 Å². The minimum absolute atomic E-state index is 0.0395. The Bertz CT molecular complexity index is 2110. The van der Waals surface area contributed by atoms with Crippen molar-refractivity contribution in [3.05, 3.63) is 102 Å². The molecule has 0 unspecified atom stereocenters. The van der Waals surface area contributed by atoms with Crippen molar-refractivity contribution in [2.24, 2.45) is 5.16 Å². The number of benzene rings is 3. The zero-order valence-corrected chi connectivity index (χ0v) is 27.7. The molecule has 274 valence electrons. The minimum atomic E-state index is -5.14. The van der Waals surface area contributed by atoms with Gasteiger partial charge in [0.1, 0.15) is 17.3 Å². The number of hydrogen-bond donors (Lipinski definition) is 2. The van der Waals surface area contributed by atoms with E-state index in [0.717, 1.165) is 27.8 Å². The first-order valence-electron chi connectivity index (χ1n) is 14.8. The van der Waals surface area contributed by atoms with Gasteiger partial charge in [-0.25, -0.2) is 26.7 Å². The normalized spacial score (nSPS) is 13.8.